The predicted octanol–water partition coefficient (Wildman–Crippen LogP) is 5.26. The van der Waals surface area contributed by atoms with Gasteiger partial charge >= 0.3 is 5.97 Å². The Morgan fingerprint density at radius 1 is 1.24 bits per heavy atom. The van der Waals surface area contributed by atoms with E-state index in [1.54, 1.807) is 0 Å². The first-order valence-corrected chi connectivity index (χ1v) is 7.64. The van der Waals surface area contributed by atoms with Gasteiger partial charge in [0.1, 0.15) is 0 Å². The van der Waals surface area contributed by atoms with Gasteiger partial charge in [0, 0.05) is 6.08 Å². The molecule has 0 aliphatic heterocycles. The van der Waals surface area contributed by atoms with Gasteiger partial charge in [-0.05, 0) is 17.9 Å². The second-order valence-electron chi connectivity index (χ2n) is 4.87. The maximum absolute atomic E-state index is 10.8. The van der Waals surface area contributed by atoms with E-state index in [4.69, 9.17) is 4.74 Å². The third-order valence-electron chi connectivity index (χ3n) is 3.21. The standard InChI is InChI=1S/C11H20O2.C8H8/c1-4-7-8-10(5-2)9-13-11(12)6-3;1-2-8-6-4-3-5-7-8/h6,10H,3-5,7-9H2,1-2H3;2-7H,1H2/t10-;/m1./s1. The Labute approximate surface area is 129 Å². The molecule has 1 aromatic rings. The van der Waals surface area contributed by atoms with E-state index in [9.17, 15) is 4.79 Å². The fourth-order valence-electron chi connectivity index (χ4n) is 1.75. The normalized spacial score (nSPS) is 10.8. The van der Waals surface area contributed by atoms with Crippen molar-refractivity contribution in [1.29, 1.82) is 0 Å². The maximum atomic E-state index is 10.8. The Hall–Kier alpha value is -1.83. The molecule has 0 radical (unpaired) electrons. The summed E-state index contributed by atoms with van der Waals surface area (Å²) in [6.45, 7) is 11.8. The number of rotatable bonds is 8. The largest absolute Gasteiger partial charge is 0.462 e. The molecule has 0 amide bonds. The van der Waals surface area contributed by atoms with Crippen molar-refractivity contribution in [3.63, 3.8) is 0 Å². The lowest BCUT2D eigenvalue weighted by Crippen LogP contribution is -2.12. The molecule has 116 valence electrons. The molecule has 1 rings (SSSR count). The van der Waals surface area contributed by atoms with Gasteiger partial charge in [-0.15, -0.1) is 0 Å². The molecule has 1 atom stereocenters. The second kappa shape index (κ2) is 13.2. The van der Waals surface area contributed by atoms with Gasteiger partial charge in [0.05, 0.1) is 6.61 Å². The summed E-state index contributed by atoms with van der Waals surface area (Å²) in [5.41, 5.74) is 1.17. The summed E-state index contributed by atoms with van der Waals surface area (Å²) in [7, 11) is 0. The molecule has 0 N–H and O–H groups in total. The van der Waals surface area contributed by atoms with E-state index in [1.807, 2.05) is 36.4 Å². The van der Waals surface area contributed by atoms with Gasteiger partial charge in [-0.3, -0.25) is 0 Å². The SMILES string of the molecule is C=CC(=O)OC[C@H](CC)CCCC.C=Cc1ccccc1. The van der Waals surface area contributed by atoms with Gasteiger partial charge in [0.2, 0.25) is 0 Å². The number of hydrogen-bond donors (Lipinski definition) is 0. The molecule has 0 bridgehead atoms. The quantitative estimate of drug-likeness (QED) is 0.481. The fourth-order valence-corrected chi connectivity index (χ4v) is 1.75. The van der Waals surface area contributed by atoms with Crippen molar-refractivity contribution in [2.75, 3.05) is 6.61 Å². The van der Waals surface area contributed by atoms with E-state index >= 15 is 0 Å². The Balaban J connectivity index is 0.000000423. The molecular formula is C19H28O2. The molecule has 0 aliphatic rings. The van der Waals surface area contributed by atoms with E-state index in [0.717, 1.165) is 12.8 Å². The molecule has 0 fully saturated rings. The Morgan fingerprint density at radius 2 is 1.90 bits per heavy atom. The molecule has 0 saturated carbocycles. The highest BCUT2D eigenvalue weighted by Gasteiger charge is 2.07. The highest BCUT2D eigenvalue weighted by atomic mass is 16.5. The first-order valence-electron chi connectivity index (χ1n) is 7.64. The number of carbonyl (C=O) groups excluding carboxylic acids is 1. The van der Waals surface area contributed by atoms with Crippen molar-refractivity contribution in [2.45, 2.75) is 39.5 Å². The van der Waals surface area contributed by atoms with Crippen LogP contribution < -0.4 is 0 Å². The maximum Gasteiger partial charge on any atom is 0.330 e. The topological polar surface area (TPSA) is 26.3 Å². The van der Waals surface area contributed by atoms with Crippen LogP contribution >= 0.6 is 0 Å². The van der Waals surface area contributed by atoms with Gasteiger partial charge < -0.3 is 4.74 Å². The molecule has 0 aliphatic carbocycles. The zero-order valence-electron chi connectivity index (χ0n) is 13.4. The second-order valence-corrected chi connectivity index (χ2v) is 4.87. The lowest BCUT2D eigenvalue weighted by molar-refractivity contribution is -0.139. The fraction of sp³-hybridized carbons (Fsp3) is 0.421. The molecule has 2 heteroatoms. The van der Waals surface area contributed by atoms with Crippen LogP contribution in [0.5, 0.6) is 0 Å². The lowest BCUT2D eigenvalue weighted by Gasteiger charge is -2.13. The Kier molecular flexibility index (Phi) is 12.0. The van der Waals surface area contributed by atoms with Crippen LogP contribution in [0.4, 0.5) is 0 Å². The summed E-state index contributed by atoms with van der Waals surface area (Å²) in [5, 5.41) is 0. The zero-order chi connectivity index (χ0) is 15.9. The van der Waals surface area contributed by atoms with Gasteiger partial charge in [0.25, 0.3) is 0 Å². The number of unbranched alkanes of at least 4 members (excludes halogenated alkanes) is 1. The highest BCUT2D eigenvalue weighted by molar-refractivity contribution is 5.81. The van der Waals surface area contributed by atoms with Gasteiger partial charge in [-0.1, -0.05) is 82.7 Å². The van der Waals surface area contributed by atoms with Crippen molar-refractivity contribution in [3.8, 4) is 0 Å². The monoisotopic (exact) mass is 288 g/mol. The summed E-state index contributed by atoms with van der Waals surface area (Å²) in [6, 6.07) is 10.0. The summed E-state index contributed by atoms with van der Waals surface area (Å²) in [5.74, 6) is 0.207. The number of esters is 1. The van der Waals surface area contributed by atoms with E-state index in [1.165, 1.54) is 24.5 Å². The summed E-state index contributed by atoms with van der Waals surface area (Å²) >= 11 is 0. The lowest BCUT2D eigenvalue weighted by atomic mass is 10.0. The summed E-state index contributed by atoms with van der Waals surface area (Å²) in [4.78, 5) is 10.8. The first kappa shape index (κ1) is 19.2. The minimum Gasteiger partial charge on any atom is -0.462 e. The van der Waals surface area contributed by atoms with Gasteiger partial charge in [-0.25, -0.2) is 4.79 Å². The van der Waals surface area contributed by atoms with Crippen molar-refractivity contribution < 1.29 is 9.53 Å². The number of benzene rings is 1. The van der Waals surface area contributed by atoms with Crippen LogP contribution in [0.3, 0.4) is 0 Å². The predicted molar refractivity (Wildman–Crippen MR) is 91.0 cm³/mol. The van der Waals surface area contributed by atoms with E-state index in [0.29, 0.717) is 12.5 Å². The Bertz CT molecular complexity index is 395. The van der Waals surface area contributed by atoms with E-state index in [-0.39, 0.29) is 5.97 Å². The molecule has 2 nitrogen and oxygen atoms in total. The summed E-state index contributed by atoms with van der Waals surface area (Å²) < 4.78 is 4.98. The van der Waals surface area contributed by atoms with Crippen molar-refractivity contribution in [2.24, 2.45) is 5.92 Å². The van der Waals surface area contributed by atoms with Gasteiger partial charge in [-0.2, -0.15) is 0 Å². The molecule has 0 saturated heterocycles. The molecule has 0 aromatic heterocycles. The van der Waals surface area contributed by atoms with Gasteiger partial charge in [0.15, 0.2) is 0 Å². The van der Waals surface area contributed by atoms with Crippen molar-refractivity contribution in [1.82, 2.24) is 0 Å². The van der Waals surface area contributed by atoms with Crippen molar-refractivity contribution >= 4 is 12.0 Å². The van der Waals surface area contributed by atoms with Crippen LogP contribution in [-0.4, -0.2) is 12.6 Å². The smallest absolute Gasteiger partial charge is 0.330 e. The minimum absolute atomic E-state index is 0.310. The highest BCUT2D eigenvalue weighted by Crippen LogP contribution is 2.12. The number of hydrogen-bond acceptors (Lipinski definition) is 2. The van der Waals surface area contributed by atoms with Crippen LogP contribution in [0.15, 0.2) is 49.6 Å². The average Bonchev–Trinajstić information content (AvgIpc) is 2.56. The third kappa shape index (κ3) is 10.6. The van der Waals surface area contributed by atoms with Crippen LogP contribution in [0, 0.1) is 5.92 Å². The molecule has 1 aromatic carbocycles. The van der Waals surface area contributed by atoms with Crippen molar-refractivity contribution in [3.05, 3.63) is 55.1 Å². The first-order chi connectivity index (χ1) is 10.2. The Morgan fingerprint density at radius 3 is 2.33 bits per heavy atom. The van der Waals surface area contributed by atoms with E-state index in [2.05, 4.69) is 27.0 Å². The molecule has 0 unspecified atom stereocenters. The summed E-state index contributed by atoms with van der Waals surface area (Å²) in [6.07, 6.45) is 7.68. The van der Waals surface area contributed by atoms with Crippen LogP contribution in [-0.2, 0) is 9.53 Å². The molecule has 0 heterocycles. The molecule has 0 spiro atoms. The minimum atomic E-state index is -0.310. The average molecular weight is 288 g/mol. The zero-order valence-corrected chi connectivity index (χ0v) is 13.4. The van der Waals surface area contributed by atoms with Crippen LogP contribution in [0.25, 0.3) is 6.08 Å². The molecular weight excluding hydrogens is 260 g/mol. The number of ether oxygens (including phenoxy) is 1. The number of carbonyl (C=O) groups is 1. The van der Waals surface area contributed by atoms with Crippen LogP contribution in [0.2, 0.25) is 0 Å². The van der Waals surface area contributed by atoms with Crippen LogP contribution in [0.1, 0.15) is 45.1 Å². The molecule has 21 heavy (non-hydrogen) atoms. The third-order valence-corrected chi connectivity index (χ3v) is 3.21. The van der Waals surface area contributed by atoms with E-state index < -0.39 is 0 Å².